The standard InChI is InChI=1S/C17H21F3N2O/c1-10(15-8-11-5-6-12(15)7-11)21-16(23)22-14-4-2-3-13(9-14)17(18,19)20/h2-4,9-12,15H,5-8H2,1H3,(H2,21,22,23)/t10-,11-,12-,15-/m0/s1. The summed E-state index contributed by atoms with van der Waals surface area (Å²) in [6.45, 7) is 1.98. The van der Waals surface area contributed by atoms with Crippen LogP contribution in [0.3, 0.4) is 0 Å². The molecule has 6 heteroatoms. The summed E-state index contributed by atoms with van der Waals surface area (Å²) in [4.78, 5) is 12.0. The van der Waals surface area contributed by atoms with E-state index in [0.29, 0.717) is 11.8 Å². The molecule has 0 aliphatic heterocycles. The molecule has 2 fully saturated rings. The number of fused-ring (bicyclic) bond motifs is 2. The lowest BCUT2D eigenvalue weighted by Gasteiger charge is -2.28. The molecule has 2 saturated carbocycles. The van der Waals surface area contributed by atoms with Crippen molar-refractivity contribution in [2.45, 2.75) is 44.8 Å². The summed E-state index contributed by atoms with van der Waals surface area (Å²) in [5.41, 5.74) is -0.617. The lowest BCUT2D eigenvalue weighted by molar-refractivity contribution is -0.137. The van der Waals surface area contributed by atoms with Crippen LogP contribution in [0.1, 0.15) is 38.2 Å². The molecule has 0 saturated heterocycles. The lowest BCUT2D eigenvalue weighted by atomic mass is 9.84. The van der Waals surface area contributed by atoms with Crippen molar-refractivity contribution < 1.29 is 18.0 Å². The number of rotatable bonds is 3. The minimum atomic E-state index is -4.41. The molecule has 1 aromatic rings. The zero-order valence-corrected chi connectivity index (χ0v) is 13.0. The third kappa shape index (κ3) is 3.62. The number of nitrogens with one attached hydrogen (secondary N) is 2. The second-order valence-corrected chi connectivity index (χ2v) is 6.80. The fourth-order valence-corrected chi connectivity index (χ4v) is 4.16. The van der Waals surface area contributed by atoms with Gasteiger partial charge in [-0.3, -0.25) is 0 Å². The first-order valence-corrected chi connectivity index (χ1v) is 8.07. The van der Waals surface area contributed by atoms with Crippen molar-refractivity contribution in [2.24, 2.45) is 17.8 Å². The van der Waals surface area contributed by atoms with Crippen molar-refractivity contribution in [1.82, 2.24) is 5.32 Å². The predicted octanol–water partition coefficient (Wildman–Crippen LogP) is 4.65. The SMILES string of the molecule is C[C@H](NC(=O)Nc1cccc(C(F)(F)F)c1)[C@@H]1C[C@H]2CC[C@H]1C2. The molecule has 3 rings (SSSR count). The quantitative estimate of drug-likeness (QED) is 0.834. The van der Waals surface area contributed by atoms with Crippen LogP contribution in [0.25, 0.3) is 0 Å². The van der Waals surface area contributed by atoms with Gasteiger partial charge in [-0.2, -0.15) is 13.2 Å². The van der Waals surface area contributed by atoms with Gasteiger partial charge in [0.15, 0.2) is 0 Å². The molecule has 0 unspecified atom stereocenters. The summed E-state index contributed by atoms with van der Waals surface area (Å²) in [6.07, 6.45) is 0.521. The van der Waals surface area contributed by atoms with Crippen LogP contribution in [0.15, 0.2) is 24.3 Å². The average molecular weight is 326 g/mol. The van der Waals surface area contributed by atoms with E-state index in [1.165, 1.54) is 31.4 Å². The molecular weight excluding hydrogens is 305 g/mol. The number of benzene rings is 1. The fourth-order valence-electron chi connectivity index (χ4n) is 4.16. The number of amides is 2. The molecule has 1 aromatic carbocycles. The van der Waals surface area contributed by atoms with Gasteiger partial charge in [-0.1, -0.05) is 12.5 Å². The highest BCUT2D eigenvalue weighted by atomic mass is 19.4. The zero-order chi connectivity index (χ0) is 16.6. The molecule has 2 aliphatic carbocycles. The van der Waals surface area contributed by atoms with Crippen LogP contribution >= 0.6 is 0 Å². The predicted molar refractivity (Wildman–Crippen MR) is 82.0 cm³/mol. The van der Waals surface area contributed by atoms with Gasteiger partial charge in [0.25, 0.3) is 0 Å². The van der Waals surface area contributed by atoms with E-state index < -0.39 is 17.8 Å². The molecular formula is C17H21F3N2O. The van der Waals surface area contributed by atoms with Gasteiger partial charge < -0.3 is 10.6 Å². The Hall–Kier alpha value is -1.72. The number of hydrogen-bond acceptors (Lipinski definition) is 1. The number of anilines is 1. The molecule has 0 aromatic heterocycles. The molecule has 4 atom stereocenters. The summed E-state index contributed by atoms with van der Waals surface area (Å²) in [5.74, 6) is 1.96. The van der Waals surface area contributed by atoms with E-state index in [4.69, 9.17) is 0 Å². The Morgan fingerprint density at radius 1 is 1.26 bits per heavy atom. The Labute approximate surface area is 133 Å². The van der Waals surface area contributed by atoms with E-state index in [-0.39, 0.29) is 11.7 Å². The number of carbonyl (C=O) groups is 1. The van der Waals surface area contributed by atoms with Crippen molar-refractivity contribution >= 4 is 11.7 Å². The van der Waals surface area contributed by atoms with Crippen LogP contribution in [0, 0.1) is 17.8 Å². The number of hydrogen-bond donors (Lipinski definition) is 2. The monoisotopic (exact) mass is 326 g/mol. The van der Waals surface area contributed by atoms with E-state index in [2.05, 4.69) is 10.6 Å². The molecule has 0 radical (unpaired) electrons. The largest absolute Gasteiger partial charge is 0.416 e. The molecule has 2 amide bonds. The maximum Gasteiger partial charge on any atom is 0.416 e. The minimum Gasteiger partial charge on any atom is -0.335 e. The molecule has 3 nitrogen and oxygen atoms in total. The number of halogens is 3. The first kappa shape index (κ1) is 16.1. The highest BCUT2D eigenvalue weighted by Gasteiger charge is 2.42. The molecule has 2 N–H and O–H groups in total. The van der Waals surface area contributed by atoms with E-state index in [0.717, 1.165) is 24.5 Å². The van der Waals surface area contributed by atoms with Gasteiger partial charge in [-0.05, 0) is 62.1 Å². The number of alkyl halides is 3. The molecule has 23 heavy (non-hydrogen) atoms. The number of carbonyl (C=O) groups excluding carboxylic acids is 1. The van der Waals surface area contributed by atoms with Crippen LogP contribution in [-0.2, 0) is 6.18 Å². The molecule has 126 valence electrons. The lowest BCUT2D eigenvalue weighted by Crippen LogP contribution is -2.42. The van der Waals surface area contributed by atoms with E-state index in [1.54, 1.807) is 0 Å². The first-order chi connectivity index (χ1) is 10.8. The molecule has 0 heterocycles. The fraction of sp³-hybridized carbons (Fsp3) is 0.588. The van der Waals surface area contributed by atoms with Crippen LogP contribution < -0.4 is 10.6 Å². The van der Waals surface area contributed by atoms with Gasteiger partial charge in [0, 0.05) is 11.7 Å². The Kier molecular flexibility index (Phi) is 4.25. The molecule has 0 spiro atoms. The topological polar surface area (TPSA) is 41.1 Å². The summed E-state index contributed by atoms with van der Waals surface area (Å²) in [5, 5.41) is 5.38. The van der Waals surface area contributed by atoms with Gasteiger partial charge in [-0.25, -0.2) is 4.79 Å². The van der Waals surface area contributed by atoms with Gasteiger partial charge >= 0.3 is 12.2 Å². The number of urea groups is 1. The molecule has 2 bridgehead atoms. The Bertz CT molecular complexity index is 587. The maximum atomic E-state index is 12.7. The van der Waals surface area contributed by atoms with Crippen molar-refractivity contribution in [3.05, 3.63) is 29.8 Å². The first-order valence-electron chi connectivity index (χ1n) is 8.07. The Morgan fingerprint density at radius 3 is 2.65 bits per heavy atom. The van der Waals surface area contributed by atoms with Gasteiger partial charge in [0.05, 0.1) is 5.56 Å². The van der Waals surface area contributed by atoms with Gasteiger partial charge in [-0.15, -0.1) is 0 Å². The third-order valence-corrected chi connectivity index (χ3v) is 5.24. The highest BCUT2D eigenvalue weighted by Crippen LogP contribution is 2.49. The normalized spacial score (nSPS) is 27.7. The van der Waals surface area contributed by atoms with Gasteiger partial charge in [0.1, 0.15) is 0 Å². The summed E-state index contributed by atoms with van der Waals surface area (Å²) >= 11 is 0. The van der Waals surface area contributed by atoms with Gasteiger partial charge in [0.2, 0.25) is 0 Å². The second kappa shape index (κ2) is 6.06. The minimum absolute atomic E-state index is 0.0381. The third-order valence-electron chi connectivity index (χ3n) is 5.24. The smallest absolute Gasteiger partial charge is 0.335 e. The van der Waals surface area contributed by atoms with Crippen molar-refractivity contribution in [1.29, 1.82) is 0 Å². The average Bonchev–Trinajstić information content (AvgIpc) is 3.09. The summed E-state index contributed by atoms with van der Waals surface area (Å²) < 4.78 is 38.0. The van der Waals surface area contributed by atoms with E-state index in [9.17, 15) is 18.0 Å². The van der Waals surface area contributed by atoms with Crippen LogP contribution in [0.5, 0.6) is 0 Å². The van der Waals surface area contributed by atoms with Crippen molar-refractivity contribution in [3.8, 4) is 0 Å². The van der Waals surface area contributed by atoms with Crippen LogP contribution in [-0.4, -0.2) is 12.1 Å². The Morgan fingerprint density at radius 2 is 2.04 bits per heavy atom. The zero-order valence-electron chi connectivity index (χ0n) is 13.0. The second-order valence-electron chi connectivity index (χ2n) is 6.80. The van der Waals surface area contributed by atoms with Crippen LogP contribution in [0.4, 0.5) is 23.7 Å². The Balaban J connectivity index is 1.57. The maximum absolute atomic E-state index is 12.7. The summed E-state index contributed by atoms with van der Waals surface area (Å²) in [7, 11) is 0. The van der Waals surface area contributed by atoms with Crippen molar-refractivity contribution in [2.75, 3.05) is 5.32 Å². The van der Waals surface area contributed by atoms with E-state index >= 15 is 0 Å². The van der Waals surface area contributed by atoms with Crippen molar-refractivity contribution in [3.63, 3.8) is 0 Å². The van der Waals surface area contributed by atoms with Crippen LogP contribution in [0.2, 0.25) is 0 Å². The molecule has 2 aliphatic rings. The summed E-state index contributed by atoms with van der Waals surface area (Å²) in [6, 6.07) is 4.27. The van der Waals surface area contributed by atoms with E-state index in [1.807, 2.05) is 6.92 Å². The highest BCUT2D eigenvalue weighted by molar-refractivity contribution is 5.89.